The normalized spacial score (nSPS) is 25.1. The Morgan fingerprint density at radius 3 is 2.76 bits per heavy atom. The summed E-state index contributed by atoms with van der Waals surface area (Å²) in [5.74, 6) is 4.97. The third kappa shape index (κ3) is 5.12. The zero-order chi connectivity index (χ0) is 12.5. The van der Waals surface area contributed by atoms with E-state index in [4.69, 9.17) is 6.42 Å². The molecule has 17 heavy (non-hydrogen) atoms. The molecule has 1 aliphatic rings. The molecule has 0 aromatic heterocycles. The van der Waals surface area contributed by atoms with Crippen LogP contribution in [-0.2, 0) is 0 Å². The highest BCUT2D eigenvalue weighted by Gasteiger charge is 2.20. The van der Waals surface area contributed by atoms with E-state index in [1.54, 1.807) is 0 Å². The number of hydrogen-bond donors (Lipinski definition) is 2. The summed E-state index contributed by atoms with van der Waals surface area (Å²) < 4.78 is 0. The maximum absolute atomic E-state index is 5.24. The Morgan fingerprint density at radius 1 is 1.35 bits per heavy atom. The van der Waals surface area contributed by atoms with Crippen LogP contribution in [0.15, 0.2) is 4.99 Å². The molecule has 0 saturated heterocycles. The van der Waals surface area contributed by atoms with Gasteiger partial charge in [0, 0.05) is 13.1 Å². The summed E-state index contributed by atoms with van der Waals surface area (Å²) >= 11 is 0. The van der Waals surface area contributed by atoms with Crippen LogP contribution in [0.3, 0.4) is 0 Å². The molecule has 1 fully saturated rings. The summed E-state index contributed by atoms with van der Waals surface area (Å²) in [4.78, 5) is 4.62. The van der Waals surface area contributed by atoms with Crippen LogP contribution in [0.4, 0.5) is 0 Å². The Hall–Kier alpha value is -1.17. The fourth-order valence-electron chi connectivity index (χ4n) is 2.35. The predicted octanol–water partition coefficient (Wildman–Crippen LogP) is 2.00. The Balaban J connectivity index is 2.43. The summed E-state index contributed by atoms with van der Waals surface area (Å²) in [7, 11) is 0. The number of rotatable bonds is 4. The van der Waals surface area contributed by atoms with Crippen LogP contribution in [0.5, 0.6) is 0 Å². The standard InChI is InChI=1S/C14H25N3/c1-4-10-16-14(15-5-2)17-11-13-9-7-6-8-12(13)3/h1,12-13H,5-11H2,2-3H3,(H2,15,16,17). The van der Waals surface area contributed by atoms with Crippen molar-refractivity contribution in [3.8, 4) is 12.3 Å². The minimum Gasteiger partial charge on any atom is -0.357 e. The van der Waals surface area contributed by atoms with E-state index in [0.717, 1.165) is 30.9 Å². The predicted molar refractivity (Wildman–Crippen MR) is 73.9 cm³/mol. The lowest BCUT2D eigenvalue weighted by Crippen LogP contribution is -2.38. The quantitative estimate of drug-likeness (QED) is 0.444. The molecule has 1 aliphatic carbocycles. The average molecular weight is 235 g/mol. The molecule has 0 spiro atoms. The molecule has 1 saturated carbocycles. The smallest absolute Gasteiger partial charge is 0.192 e. The molecule has 0 radical (unpaired) electrons. The van der Waals surface area contributed by atoms with Gasteiger partial charge in [-0.3, -0.25) is 4.99 Å². The van der Waals surface area contributed by atoms with Crippen molar-refractivity contribution < 1.29 is 0 Å². The molecule has 0 aromatic carbocycles. The van der Waals surface area contributed by atoms with Crippen LogP contribution in [0, 0.1) is 24.2 Å². The fourth-order valence-corrected chi connectivity index (χ4v) is 2.35. The highest BCUT2D eigenvalue weighted by atomic mass is 15.2. The van der Waals surface area contributed by atoms with Gasteiger partial charge in [-0.05, 0) is 25.2 Å². The molecule has 3 nitrogen and oxygen atoms in total. The minimum atomic E-state index is 0.534. The van der Waals surface area contributed by atoms with Crippen molar-refractivity contribution in [2.45, 2.75) is 39.5 Å². The highest BCUT2D eigenvalue weighted by molar-refractivity contribution is 5.79. The van der Waals surface area contributed by atoms with Gasteiger partial charge in [0.2, 0.25) is 0 Å². The summed E-state index contributed by atoms with van der Waals surface area (Å²) in [6.07, 6.45) is 10.7. The van der Waals surface area contributed by atoms with Gasteiger partial charge in [0.15, 0.2) is 5.96 Å². The Labute approximate surface area is 105 Å². The maximum atomic E-state index is 5.24. The second-order valence-electron chi connectivity index (χ2n) is 4.80. The van der Waals surface area contributed by atoms with E-state index in [0.29, 0.717) is 6.54 Å². The number of nitrogens with one attached hydrogen (secondary N) is 2. The van der Waals surface area contributed by atoms with Crippen LogP contribution in [0.25, 0.3) is 0 Å². The van der Waals surface area contributed by atoms with Crippen molar-refractivity contribution in [1.29, 1.82) is 0 Å². The monoisotopic (exact) mass is 235 g/mol. The number of aliphatic imine (C=N–C) groups is 1. The van der Waals surface area contributed by atoms with Crippen molar-refractivity contribution in [3.63, 3.8) is 0 Å². The third-order valence-corrected chi connectivity index (χ3v) is 3.48. The van der Waals surface area contributed by atoms with Gasteiger partial charge in [-0.1, -0.05) is 32.1 Å². The zero-order valence-electron chi connectivity index (χ0n) is 11.1. The first kappa shape index (κ1) is 13.9. The minimum absolute atomic E-state index is 0.534. The first-order chi connectivity index (χ1) is 8.27. The summed E-state index contributed by atoms with van der Waals surface area (Å²) in [5, 5.41) is 6.34. The number of guanidine groups is 1. The van der Waals surface area contributed by atoms with Crippen molar-refractivity contribution in [2.75, 3.05) is 19.6 Å². The Kier molecular flexibility index (Phi) is 6.54. The molecule has 0 heterocycles. The second-order valence-corrected chi connectivity index (χ2v) is 4.80. The molecule has 96 valence electrons. The molecule has 2 atom stereocenters. The van der Waals surface area contributed by atoms with Crippen molar-refractivity contribution >= 4 is 5.96 Å². The Bertz CT molecular complexity index is 278. The lowest BCUT2D eigenvalue weighted by atomic mass is 9.80. The maximum Gasteiger partial charge on any atom is 0.192 e. The first-order valence-corrected chi connectivity index (χ1v) is 6.73. The number of hydrogen-bond acceptors (Lipinski definition) is 1. The fraction of sp³-hybridized carbons (Fsp3) is 0.786. The Morgan fingerprint density at radius 2 is 2.12 bits per heavy atom. The van der Waals surface area contributed by atoms with Gasteiger partial charge in [-0.25, -0.2) is 0 Å². The van der Waals surface area contributed by atoms with E-state index in [2.05, 4.69) is 35.4 Å². The van der Waals surface area contributed by atoms with Crippen molar-refractivity contribution in [1.82, 2.24) is 10.6 Å². The highest BCUT2D eigenvalue weighted by Crippen LogP contribution is 2.29. The van der Waals surface area contributed by atoms with Crippen molar-refractivity contribution in [3.05, 3.63) is 0 Å². The number of terminal acetylenes is 1. The van der Waals surface area contributed by atoms with Crippen LogP contribution >= 0.6 is 0 Å². The summed E-state index contributed by atoms with van der Waals surface area (Å²) in [6.45, 7) is 6.74. The molecule has 0 bridgehead atoms. The molecule has 2 unspecified atom stereocenters. The van der Waals surface area contributed by atoms with E-state index in [1.165, 1.54) is 25.7 Å². The van der Waals surface area contributed by atoms with Crippen LogP contribution in [-0.4, -0.2) is 25.6 Å². The van der Waals surface area contributed by atoms with E-state index >= 15 is 0 Å². The molecular formula is C14H25N3. The zero-order valence-corrected chi connectivity index (χ0v) is 11.1. The SMILES string of the molecule is C#CCNC(=NCC1CCCCC1C)NCC. The van der Waals surface area contributed by atoms with Gasteiger partial charge in [0.25, 0.3) is 0 Å². The van der Waals surface area contributed by atoms with Gasteiger partial charge in [0.05, 0.1) is 6.54 Å². The van der Waals surface area contributed by atoms with Crippen LogP contribution in [0.1, 0.15) is 39.5 Å². The molecule has 0 amide bonds. The van der Waals surface area contributed by atoms with E-state index < -0.39 is 0 Å². The van der Waals surface area contributed by atoms with Crippen LogP contribution in [0.2, 0.25) is 0 Å². The van der Waals surface area contributed by atoms with Gasteiger partial charge in [0.1, 0.15) is 0 Å². The van der Waals surface area contributed by atoms with Gasteiger partial charge in [-0.15, -0.1) is 6.42 Å². The third-order valence-electron chi connectivity index (χ3n) is 3.48. The largest absolute Gasteiger partial charge is 0.357 e. The molecule has 1 rings (SSSR count). The number of nitrogens with zero attached hydrogens (tertiary/aromatic N) is 1. The second kappa shape index (κ2) is 8.00. The van der Waals surface area contributed by atoms with E-state index in [1.807, 2.05) is 0 Å². The molecule has 0 aliphatic heterocycles. The van der Waals surface area contributed by atoms with E-state index in [-0.39, 0.29) is 0 Å². The average Bonchev–Trinajstić information content (AvgIpc) is 2.34. The lowest BCUT2D eigenvalue weighted by molar-refractivity contribution is 0.263. The molecule has 2 N–H and O–H groups in total. The first-order valence-electron chi connectivity index (χ1n) is 6.73. The summed E-state index contributed by atoms with van der Waals surface area (Å²) in [6, 6.07) is 0. The summed E-state index contributed by atoms with van der Waals surface area (Å²) in [5.41, 5.74) is 0. The van der Waals surface area contributed by atoms with Crippen molar-refractivity contribution in [2.24, 2.45) is 16.8 Å². The lowest BCUT2D eigenvalue weighted by Gasteiger charge is -2.27. The van der Waals surface area contributed by atoms with Crippen LogP contribution < -0.4 is 10.6 Å². The molecule has 3 heteroatoms. The van der Waals surface area contributed by atoms with Gasteiger partial charge in [-0.2, -0.15) is 0 Å². The molecular weight excluding hydrogens is 210 g/mol. The van der Waals surface area contributed by atoms with Gasteiger partial charge >= 0.3 is 0 Å². The molecule has 0 aromatic rings. The van der Waals surface area contributed by atoms with E-state index in [9.17, 15) is 0 Å². The topological polar surface area (TPSA) is 36.4 Å². The van der Waals surface area contributed by atoms with Gasteiger partial charge < -0.3 is 10.6 Å².